The number of aryl methyl sites for hydroxylation is 2. The van der Waals surface area contributed by atoms with Gasteiger partial charge in [0.1, 0.15) is 17.5 Å². The van der Waals surface area contributed by atoms with E-state index in [1.54, 1.807) is 14.0 Å². The van der Waals surface area contributed by atoms with Gasteiger partial charge >= 0.3 is 0 Å². The average Bonchev–Trinajstić information content (AvgIpc) is 2.71. The van der Waals surface area contributed by atoms with E-state index in [1.165, 1.54) is 4.90 Å². The standard InChI is InChI=1S/C23H30N2O4/c1-6-24-23(27)18(4)25(14-19-8-7-9-20(13-19)28-5)22(26)15-29-21-11-10-16(2)12-17(21)3/h7-13,18H,6,14-15H2,1-5H3,(H,24,27)/t18-/m1/s1. The Morgan fingerprint density at radius 3 is 2.55 bits per heavy atom. The fraction of sp³-hybridized carbons (Fsp3) is 0.391. The first-order valence-electron chi connectivity index (χ1n) is 9.75. The molecule has 0 saturated heterocycles. The normalized spacial score (nSPS) is 11.5. The average molecular weight is 399 g/mol. The van der Waals surface area contributed by atoms with E-state index in [0.717, 1.165) is 16.7 Å². The summed E-state index contributed by atoms with van der Waals surface area (Å²) in [4.78, 5) is 26.9. The van der Waals surface area contributed by atoms with E-state index < -0.39 is 6.04 Å². The van der Waals surface area contributed by atoms with Crippen molar-refractivity contribution in [3.8, 4) is 11.5 Å². The van der Waals surface area contributed by atoms with Gasteiger partial charge in [-0.1, -0.05) is 29.8 Å². The molecule has 29 heavy (non-hydrogen) atoms. The summed E-state index contributed by atoms with van der Waals surface area (Å²) < 4.78 is 11.0. The zero-order valence-electron chi connectivity index (χ0n) is 17.8. The van der Waals surface area contributed by atoms with E-state index in [0.29, 0.717) is 18.0 Å². The number of hydrogen-bond donors (Lipinski definition) is 1. The summed E-state index contributed by atoms with van der Waals surface area (Å²) in [6.07, 6.45) is 0. The Balaban J connectivity index is 2.18. The van der Waals surface area contributed by atoms with Crippen molar-refractivity contribution in [3.63, 3.8) is 0 Å². The van der Waals surface area contributed by atoms with Crippen molar-refractivity contribution in [3.05, 3.63) is 59.2 Å². The van der Waals surface area contributed by atoms with E-state index in [2.05, 4.69) is 5.32 Å². The summed E-state index contributed by atoms with van der Waals surface area (Å²) in [7, 11) is 1.59. The topological polar surface area (TPSA) is 67.9 Å². The van der Waals surface area contributed by atoms with Gasteiger partial charge in [0.2, 0.25) is 5.91 Å². The highest BCUT2D eigenvalue weighted by Gasteiger charge is 2.26. The van der Waals surface area contributed by atoms with E-state index >= 15 is 0 Å². The Bertz CT molecular complexity index is 851. The van der Waals surface area contributed by atoms with Crippen LogP contribution in [0.5, 0.6) is 11.5 Å². The number of methoxy groups -OCH3 is 1. The van der Waals surface area contributed by atoms with Crippen LogP contribution in [0.15, 0.2) is 42.5 Å². The van der Waals surface area contributed by atoms with Crippen molar-refractivity contribution in [1.82, 2.24) is 10.2 Å². The van der Waals surface area contributed by atoms with Gasteiger partial charge in [-0.15, -0.1) is 0 Å². The fourth-order valence-corrected chi connectivity index (χ4v) is 3.06. The van der Waals surface area contributed by atoms with Crippen LogP contribution in [0.4, 0.5) is 0 Å². The largest absolute Gasteiger partial charge is 0.497 e. The van der Waals surface area contributed by atoms with Crippen LogP contribution >= 0.6 is 0 Å². The van der Waals surface area contributed by atoms with Gasteiger partial charge in [0.25, 0.3) is 5.91 Å². The van der Waals surface area contributed by atoms with Crippen LogP contribution in [0, 0.1) is 13.8 Å². The number of ether oxygens (including phenoxy) is 2. The molecule has 1 N–H and O–H groups in total. The van der Waals surface area contributed by atoms with Gasteiger partial charge in [0.05, 0.1) is 7.11 Å². The maximum absolute atomic E-state index is 13.0. The number of benzene rings is 2. The van der Waals surface area contributed by atoms with E-state index in [9.17, 15) is 9.59 Å². The fourth-order valence-electron chi connectivity index (χ4n) is 3.06. The van der Waals surface area contributed by atoms with E-state index in [1.807, 2.05) is 63.2 Å². The molecule has 0 saturated carbocycles. The quantitative estimate of drug-likeness (QED) is 0.704. The molecule has 2 aromatic carbocycles. The number of nitrogens with one attached hydrogen (secondary N) is 1. The number of nitrogens with zero attached hydrogens (tertiary/aromatic N) is 1. The van der Waals surface area contributed by atoms with Crippen LogP contribution in [0.2, 0.25) is 0 Å². The molecule has 156 valence electrons. The summed E-state index contributed by atoms with van der Waals surface area (Å²) in [5.41, 5.74) is 2.97. The molecule has 0 fully saturated rings. The number of carbonyl (C=O) groups is 2. The Hall–Kier alpha value is -3.02. The van der Waals surface area contributed by atoms with Crippen molar-refractivity contribution in [1.29, 1.82) is 0 Å². The van der Waals surface area contributed by atoms with Crippen LogP contribution < -0.4 is 14.8 Å². The summed E-state index contributed by atoms with van der Waals surface area (Å²) in [5, 5.41) is 2.78. The molecule has 0 radical (unpaired) electrons. The Labute approximate surface area is 172 Å². The second-order valence-electron chi connectivity index (χ2n) is 7.00. The third-order valence-corrected chi connectivity index (χ3v) is 4.69. The van der Waals surface area contributed by atoms with Crippen LogP contribution in [-0.2, 0) is 16.1 Å². The minimum absolute atomic E-state index is 0.141. The molecule has 0 aliphatic rings. The van der Waals surface area contributed by atoms with Crippen LogP contribution in [0.25, 0.3) is 0 Å². The van der Waals surface area contributed by atoms with Gasteiger partial charge in [-0.2, -0.15) is 0 Å². The van der Waals surface area contributed by atoms with Crippen molar-refractivity contribution >= 4 is 11.8 Å². The number of rotatable bonds is 9. The summed E-state index contributed by atoms with van der Waals surface area (Å²) in [5.74, 6) is 0.907. The number of carbonyl (C=O) groups excluding carboxylic acids is 2. The summed E-state index contributed by atoms with van der Waals surface area (Å²) in [6.45, 7) is 8.16. The Morgan fingerprint density at radius 1 is 1.14 bits per heavy atom. The highest BCUT2D eigenvalue weighted by molar-refractivity contribution is 5.87. The zero-order valence-corrected chi connectivity index (χ0v) is 17.8. The van der Waals surface area contributed by atoms with Crippen molar-refractivity contribution < 1.29 is 19.1 Å². The van der Waals surface area contributed by atoms with E-state index in [4.69, 9.17) is 9.47 Å². The highest BCUT2D eigenvalue weighted by atomic mass is 16.5. The lowest BCUT2D eigenvalue weighted by molar-refractivity contribution is -0.142. The first-order valence-corrected chi connectivity index (χ1v) is 9.75. The molecule has 2 rings (SSSR count). The number of hydrogen-bond acceptors (Lipinski definition) is 4. The first kappa shape index (κ1) is 22.3. The lowest BCUT2D eigenvalue weighted by Crippen LogP contribution is -2.49. The molecule has 1 atom stereocenters. The van der Waals surface area contributed by atoms with Crippen LogP contribution in [0.1, 0.15) is 30.5 Å². The minimum atomic E-state index is -0.628. The molecule has 2 aromatic rings. The molecule has 6 nitrogen and oxygen atoms in total. The molecule has 0 bridgehead atoms. The Kier molecular flexibility index (Phi) is 8.07. The van der Waals surface area contributed by atoms with Crippen molar-refractivity contribution in [2.75, 3.05) is 20.3 Å². The predicted molar refractivity (Wildman–Crippen MR) is 113 cm³/mol. The van der Waals surface area contributed by atoms with Gasteiger partial charge in [-0.25, -0.2) is 0 Å². The lowest BCUT2D eigenvalue weighted by Gasteiger charge is -2.28. The summed E-state index contributed by atoms with van der Waals surface area (Å²) in [6, 6.07) is 12.6. The molecule has 0 unspecified atom stereocenters. The van der Waals surface area contributed by atoms with Gasteiger partial charge in [-0.05, 0) is 57.0 Å². The van der Waals surface area contributed by atoms with Gasteiger partial charge < -0.3 is 19.7 Å². The second-order valence-corrected chi connectivity index (χ2v) is 7.00. The number of amides is 2. The van der Waals surface area contributed by atoms with Gasteiger partial charge in [0.15, 0.2) is 6.61 Å². The molecule has 0 aromatic heterocycles. The lowest BCUT2D eigenvalue weighted by atomic mass is 10.1. The molecular weight excluding hydrogens is 368 g/mol. The summed E-state index contributed by atoms with van der Waals surface area (Å²) >= 11 is 0. The van der Waals surface area contributed by atoms with E-state index in [-0.39, 0.29) is 25.0 Å². The highest BCUT2D eigenvalue weighted by Crippen LogP contribution is 2.20. The monoisotopic (exact) mass is 398 g/mol. The molecule has 0 spiro atoms. The molecule has 2 amide bonds. The molecule has 0 heterocycles. The third-order valence-electron chi connectivity index (χ3n) is 4.69. The first-order chi connectivity index (χ1) is 13.8. The van der Waals surface area contributed by atoms with Crippen LogP contribution in [0.3, 0.4) is 0 Å². The maximum atomic E-state index is 13.0. The minimum Gasteiger partial charge on any atom is -0.497 e. The SMILES string of the molecule is CCNC(=O)[C@@H](C)N(Cc1cccc(OC)c1)C(=O)COc1ccc(C)cc1C. The van der Waals surface area contributed by atoms with Crippen LogP contribution in [-0.4, -0.2) is 43.0 Å². The zero-order chi connectivity index (χ0) is 21.4. The second kappa shape index (κ2) is 10.5. The molecular formula is C23H30N2O4. The Morgan fingerprint density at radius 2 is 1.90 bits per heavy atom. The molecule has 0 aliphatic heterocycles. The molecule has 6 heteroatoms. The van der Waals surface area contributed by atoms with Gasteiger partial charge in [-0.3, -0.25) is 9.59 Å². The predicted octanol–water partition coefficient (Wildman–Crippen LogP) is 3.24. The smallest absolute Gasteiger partial charge is 0.261 e. The third kappa shape index (κ3) is 6.24. The number of likely N-dealkylation sites (N-methyl/N-ethyl adjacent to an activating group) is 1. The van der Waals surface area contributed by atoms with Crippen molar-refractivity contribution in [2.45, 2.75) is 40.3 Å². The molecule has 0 aliphatic carbocycles. The van der Waals surface area contributed by atoms with Crippen molar-refractivity contribution in [2.24, 2.45) is 0 Å². The maximum Gasteiger partial charge on any atom is 0.261 e. The van der Waals surface area contributed by atoms with Gasteiger partial charge in [0, 0.05) is 13.1 Å².